The summed E-state index contributed by atoms with van der Waals surface area (Å²) in [7, 11) is -3.68. The molecular formula is C22H28N2O3S. The van der Waals surface area contributed by atoms with Gasteiger partial charge in [-0.1, -0.05) is 26.0 Å². The second-order valence-corrected chi connectivity index (χ2v) is 9.76. The van der Waals surface area contributed by atoms with Crippen molar-refractivity contribution in [2.24, 2.45) is 11.8 Å². The Hall–Kier alpha value is -2.34. The number of anilines is 1. The van der Waals surface area contributed by atoms with E-state index in [2.05, 4.69) is 18.6 Å². The minimum absolute atomic E-state index is 0.00216. The van der Waals surface area contributed by atoms with E-state index in [4.69, 9.17) is 0 Å². The topological polar surface area (TPSA) is 66.5 Å². The number of benzene rings is 2. The predicted molar refractivity (Wildman–Crippen MR) is 112 cm³/mol. The number of carbonyl (C=O) groups is 1. The Kier molecular flexibility index (Phi) is 5.79. The summed E-state index contributed by atoms with van der Waals surface area (Å²) in [6.07, 6.45) is 1.14. The highest BCUT2D eigenvalue weighted by atomic mass is 32.2. The van der Waals surface area contributed by atoms with Crippen molar-refractivity contribution in [3.8, 4) is 0 Å². The lowest BCUT2D eigenvalue weighted by atomic mass is 9.91. The Labute approximate surface area is 167 Å². The smallest absolute Gasteiger partial charge is 0.262 e. The molecule has 1 aliphatic heterocycles. The Balaban J connectivity index is 1.75. The van der Waals surface area contributed by atoms with Crippen LogP contribution in [0.2, 0.25) is 0 Å². The molecule has 0 saturated carbocycles. The first-order valence-electron chi connectivity index (χ1n) is 9.65. The van der Waals surface area contributed by atoms with Gasteiger partial charge in [0.2, 0.25) is 0 Å². The molecule has 1 amide bonds. The van der Waals surface area contributed by atoms with Gasteiger partial charge in [-0.15, -0.1) is 0 Å². The minimum atomic E-state index is -3.68. The van der Waals surface area contributed by atoms with Crippen LogP contribution >= 0.6 is 0 Å². The first-order chi connectivity index (χ1) is 13.2. The largest absolute Gasteiger partial charge is 0.338 e. The lowest BCUT2D eigenvalue weighted by Gasteiger charge is -2.35. The van der Waals surface area contributed by atoms with Crippen LogP contribution in [0.25, 0.3) is 0 Å². The second kappa shape index (κ2) is 7.95. The lowest BCUT2D eigenvalue weighted by Crippen LogP contribution is -2.42. The fraction of sp³-hybridized carbons (Fsp3) is 0.409. The number of nitrogens with one attached hydrogen (secondary N) is 1. The normalized spacial score (nSPS) is 20.1. The van der Waals surface area contributed by atoms with E-state index in [1.54, 1.807) is 43.3 Å². The molecular weight excluding hydrogens is 372 g/mol. The zero-order valence-corrected chi connectivity index (χ0v) is 17.7. The first kappa shape index (κ1) is 20.4. The summed E-state index contributed by atoms with van der Waals surface area (Å²) in [4.78, 5) is 14.9. The van der Waals surface area contributed by atoms with Crippen LogP contribution in [0.4, 0.5) is 5.69 Å². The maximum Gasteiger partial charge on any atom is 0.262 e. The maximum atomic E-state index is 12.8. The third kappa shape index (κ3) is 4.55. The van der Waals surface area contributed by atoms with Crippen LogP contribution in [0.3, 0.4) is 0 Å². The van der Waals surface area contributed by atoms with Gasteiger partial charge in [0.15, 0.2) is 0 Å². The molecule has 28 heavy (non-hydrogen) atoms. The van der Waals surface area contributed by atoms with E-state index >= 15 is 0 Å². The zero-order valence-electron chi connectivity index (χ0n) is 16.9. The van der Waals surface area contributed by atoms with Crippen molar-refractivity contribution in [2.45, 2.75) is 39.0 Å². The Morgan fingerprint density at radius 2 is 1.61 bits per heavy atom. The minimum Gasteiger partial charge on any atom is -0.338 e. The van der Waals surface area contributed by atoms with Crippen molar-refractivity contribution < 1.29 is 13.2 Å². The summed E-state index contributed by atoms with van der Waals surface area (Å²) in [5.74, 6) is 0.995. The summed E-state index contributed by atoms with van der Waals surface area (Å²) in [6.45, 7) is 9.51. The van der Waals surface area contributed by atoms with Crippen LogP contribution in [0.1, 0.15) is 41.8 Å². The number of rotatable bonds is 4. The van der Waals surface area contributed by atoms with Crippen LogP contribution in [0, 0.1) is 25.7 Å². The molecule has 2 unspecified atom stereocenters. The number of hydrogen-bond acceptors (Lipinski definition) is 3. The number of amides is 1. The van der Waals surface area contributed by atoms with E-state index in [-0.39, 0.29) is 10.8 Å². The van der Waals surface area contributed by atoms with E-state index in [0.717, 1.165) is 25.1 Å². The Morgan fingerprint density at radius 1 is 1.00 bits per heavy atom. The highest BCUT2D eigenvalue weighted by Gasteiger charge is 2.26. The Bertz CT molecular complexity index is 958. The molecule has 0 bridgehead atoms. The van der Waals surface area contributed by atoms with Crippen molar-refractivity contribution in [1.29, 1.82) is 0 Å². The second-order valence-electron chi connectivity index (χ2n) is 8.11. The van der Waals surface area contributed by atoms with Crippen molar-refractivity contribution in [1.82, 2.24) is 4.90 Å². The molecule has 0 aliphatic carbocycles. The van der Waals surface area contributed by atoms with Gasteiger partial charge in [0.25, 0.3) is 15.9 Å². The molecule has 1 fully saturated rings. The van der Waals surface area contributed by atoms with Crippen molar-refractivity contribution in [2.75, 3.05) is 17.8 Å². The number of hydrogen-bond donors (Lipinski definition) is 1. The van der Waals surface area contributed by atoms with Crippen LogP contribution < -0.4 is 4.72 Å². The number of piperidine rings is 1. The third-order valence-corrected chi connectivity index (χ3v) is 6.70. The quantitative estimate of drug-likeness (QED) is 0.835. The summed E-state index contributed by atoms with van der Waals surface area (Å²) in [5.41, 5.74) is 2.60. The lowest BCUT2D eigenvalue weighted by molar-refractivity contribution is 0.0623. The predicted octanol–water partition coefficient (Wildman–Crippen LogP) is 4.22. The van der Waals surface area contributed by atoms with E-state index in [1.165, 1.54) is 0 Å². The monoisotopic (exact) mass is 400 g/mol. The van der Waals surface area contributed by atoms with Gasteiger partial charge in [0.05, 0.1) is 4.90 Å². The third-order valence-electron chi connectivity index (χ3n) is 5.17. The summed E-state index contributed by atoms with van der Waals surface area (Å²) in [6, 6.07) is 12.0. The molecule has 1 heterocycles. The van der Waals surface area contributed by atoms with Gasteiger partial charge in [-0.3, -0.25) is 9.52 Å². The van der Waals surface area contributed by atoms with Crippen LogP contribution in [0.5, 0.6) is 0 Å². The van der Waals surface area contributed by atoms with Gasteiger partial charge in [0, 0.05) is 24.3 Å². The fourth-order valence-electron chi connectivity index (χ4n) is 3.90. The van der Waals surface area contributed by atoms with E-state index in [9.17, 15) is 13.2 Å². The van der Waals surface area contributed by atoms with E-state index in [1.807, 2.05) is 17.9 Å². The number of sulfonamides is 1. The summed E-state index contributed by atoms with van der Waals surface area (Å²) >= 11 is 0. The van der Waals surface area contributed by atoms with Gasteiger partial charge in [-0.2, -0.15) is 0 Å². The Morgan fingerprint density at radius 3 is 2.21 bits per heavy atom. The standard InChI is InChI=1S/C22H28N2O3S/c1-15-5-6-18(4)21(12-15)28(26,27)23-20-9-7-19(8-10-20)22(25)24-13-16(2)11-17(3)14-24/h5-10,12,16-17,23H,11,13-14H2,1-4H3. The van der Waals surface area contributed by atoms with Gasteiger partial charge in [0.1, 0.15) is 0 Å². The van der Waals surface area contributed by atoms with Crippen molar-refractivity contribution in [3.05, 3.63) is 59.2 Å². The zero-order chi connectivity index (χ0) is 20.5. The van der Waals surface area contributed by atoms with Crippen LogP contribution in [0.15, 0.2) is 47.4 Å². The average molecular weight is 401 g/mol. The molecule has 1 N–H and O–H groups in total. The average Bonchev–Trinajstić information content (AvgIpc) is 2.62. The molecule has 2 atom stereocenters. The molecule has 0 spiro atoms. The van der Waals surface area contributed by atoms with E-state index in [0.29, 0.717) is 28.7 Å². The molecule has 0 aromatic heterocycles. The van der Waals surface area contributed by atoms with Gasteiger partial charge in [-0.05, 0) is 73.6 Å². The molecule has 0 radical (unpaired) electrons. The van der Waals surface area contributed by atoms with Crippen LogP contribution in [-0.2, 0) is 10.0 Å². The molecule has 1 saturated heterocycles. The number of aryl methyl sites for hydroxylation is 2. The highest BCUT2D eigenvalue weighted by molar-refractivity contribution is 7.92. The number of carbonyl (C=O) groups excluding carboxylic acids is 1. The van der Waals surface area contributed by atoms with Crippen LogP contribution in [-0.4, -0.2) is 32.3 Å². The molecule has 6 heteroatoms. The van der Waals surface area contributed by atoms with Crippen molar-refractivity contribution in [3.63, 3.8) is 0 Å². The summed E-state index contributed by atoms with van der Waals surface area (Å²) < 4.78 is 28.1. The van der Waals surface area contributed by atoms with Gasteiger partial charge in [-0.25, -0.2) is 8.42 Å². The van der Waals surface area contributed by atoms with E-state index < -0.39 is 10.0 Å². The molecule has 3 rings (SSSR count). The number of likely N-dealkylation sites (tertiary alicyclic amines) is 1. The molecule has 2 aromatic carbocycles. The molecule has 2 aromatic rings. The van der Waals surface area contributed by atoms with Gasteiger partial charge < -0.3 is 4.90 Å². The highest BCUT2D eigenvalue weighted by Crippen LogP contribution is 2.24. The molecule has 1 aliphatic rings. The van der Waals surface area contributed by atoms with Crippen molar-refractivity contribution >= 4 is 21.6 Å². The van der Waals surface area contributed by atoms with Gasteiger partial charge >= 0.3 is 0 Å². The summed E-state index contributed by atoms with van der Waals surface area (Å²) in [5, 5.41) is 0. The SMILES string of the molecule is Cc1ccc(C)c(S(=O)(=O)Nc2ccc(C(=O)N3CC(C)CC(C)C3)cc2)c1. The maximum absolute atomic E-state index is 12.8. The first-order valence-corrected chi connectivity index (χ1v) is 11.1. The number of nitrogens with zero attached hydrogens (tertiary/aromatic N) is 1. The fourth-order valence-corrected chi connectivity index (χ4v) is 5.29. The molecule has 150 valence electrons. The molecule has 5 nitrogen and oxygen atoms in total.